The molecule has 0 aliphatic carbocycles. The molecule has 0 aliphatic rings. The Morgan fingerprint density at radius 2 is 1.68 bits per heavy atom. The van der Waals surface area contributed by atoms with Gasteiger partial charge in [-0.05, 0) is 42.7 Å². The third-order valence-corrected chi connectivity index (χ3v) is 5.86. The molecule has 1 atom stereocenters. The van der Waals surface area contributed by atoms with Crippen LogP contribution in [0.25, 0.3) is 11.3 Å². The second kappa shape index (κ2) is 11.6. The number of hydrogen-bond acceptors (Lipinski definition) is 8. The van der Waals surface area contributed by atoms with Gasteiger partial charge in [-0.3, -0.25) is 29.8 Å². The van der Waals surface area contributed by atoms with Crippen molar-refractivity contribution in [3.63, 3.8) is 0 Å². The van der Waals surface area contributed by atoms with Crippen LogP contribution >= 0.6 is 15.9 Å². The minimum atomic E-state index is -1.08. The molecule has 0 saturated carbocycles. The van der Waals surface area contributed by atoms with Crippen molar-refractivity contribution in [1.82, 2.24) is 10.7 Å². The SMILES string of the molecule is Cc1ccc(-c2ccc(/C=N\NC(=O)[C@@H](NC(=O)c3cc([N+](=O)[O-])cc([N+](=O)[O-])c3)C(C)C)o2)c(Br)c1. The largest absolute Gasteiger partial charge is 0.455 e. The number of nitro benzene ring substituents is 2. The standard InChI is InChI=1S/C24H22BrN5O7/c1-13(2)22(27-23(31)15-9-16(29(33)34)11-17(10-15)30(35)36)24(32)28-26-12-18-5-7-21(37-18)19-6-4-14(3)8-20(19)25/h4-13,22H,1-3H3,(H,27,31)(H,28,32)/b26-12-/t22-/m0/s1. The molecule has 0 fully saturated rings. The quantitative estimate of drug-likeness (QED) is 0.212. The van der Waals surface area contributed by atoms with Gasteiger partial charge in [0.25, 0.3) is 23.2 Å². The third kappa shape index (κ3) is 6.85. The average molecular weight is 572 g/mol. The van der Waals surface area contributed by atoms with Crippen LogP contribution in [-0.2, 0) is 4.79 Å². The van der Waals surface area contributed by atoms with Crippen molar-refractivity contribution >= 4 is 45.3 Å². The summed E-state index contributed by atoms with van der Waals surface area (Å²) in [7, 11) is 0. The molecule has 1 heterocycles. The van der Waals surface area contributed by atoms with Gasteiger partial charge in [-0.25, -0.2) is 5.43 Å². The number of carbonyl (C=O) groups is 2. The fraction of sp³-hybridized carbons (Fsp3) is 0.208. The topological polar surface area (TPSA) is 170 Å². The van der Waals surface area contributed by atoms with E-state index in [2.05, 4.69) is 31.8 Å². The Labute approximate surface area is 219 Å². The number of nitro groups is 2. The summed E-state index contributed by atoms with van der Waals surface area (Å²) in [5, 5.41) is 28.5. The van der Waals surface area contributed by atoms with Gasteiger partial charge < -0.3 is 9.73 Å². The number of rotatable bonds is 9. The molecule has 3 aromatic rings. The summed E-state index contributed by atoms with van der Waals surface area (Å²) in [5.74, 6) is -0.978. The number of hydrogen-bond donors (Lipinski definition) is 2. The number of aryl methyl sites for hydroxylation is 1. The van der Waals surface area contributed by atoms with Crippen LogP contribution in [0.4, 0.5) is 11.4 Å². The molecular formula is C24H22BrN5O7. The van der Waals surface area contributed by atoms with Crippen molar-refractivity contribution in [3.05, 3.63) is 90.1 Å². The number of hydrazone groups is 1. The summed E-state index contributed by atoms with van der Waals surface area (Å²) < 4.78 is 6.62. The molecule has 2 N–H and O–H groups in total. The highest BCUT2D eigenvalue weighted by Crippen LogP contribution is 2.30. The molecule has 2 aromatic carbocycles. The maximum Gasteiger partial charge on any atom is 0.277 e. The lowest BCUT2D eigenvalue weighted by atomic mass is 10.0. The highest BCUT2D eigenvalue weighted by Gasteiger charge is 2.27. The molecule has 0 unspecified atom stereocenters. The summed E-state index contributed by atoms with van der Waals surface area (Å²) >= 11 is 3.50. The number of benzene rings is 2. The summed E-state index contributed by atoms with van der Waals surface area (Å²) in [4.78, 5) is 45.9. The Kier molecular flexibility index (Phi) is 8.50. The predicted molar refractivity (Wildman–Crippen MR) is 138 cm³/mol. The van der Waals surface area contributed by atoms with Gasteiger partial charge in [0.1, 0.15) is 17.6 Å². The van der Waals surface area contributed by atoms with Crippen molar-refractivity contribution in [2.75, 3.05) is 0 Å². The number of carbonyl (C=O) groups excluding carboxylic acids is 2. The van der Waals surface area contributed by atoms with Gasteiger partial charge in [0.05, 0.1) is 27.7 Å². The van der Waals surface area contributed by atoms with Crippen LogP contribution in [0.15, 0.2) is 62.5 Å². The van der Waals surface area contributed by atoms with Crippen LogP contribution in [0.3, 0.4) is 0 Å². The zero-order valence-corrected chi connectivity index (χ0v) is 21.5. The fourth-order valence-corrected chi connectivity index (χ4v) is 4.00. The lowest BCUT2D eigenvalue weighted by molar-refractivity contribution is -0.394. The van der Waals surface area contributed by atoms with Crippen molar-refractivity contribution in [1.29, 1.82) is 0 Å². The second-order valence-corrected chi connectivity index (χ2v) is 9.22. The first kappa shape index (κ1) is 27.2. The molecule has 12 nitrogen and oxygen atoms in total. The van der Waals surface area contributed by atoms with Gasteiger partial charge in [0.15, 0.2) is 0 Å². The molecule has 0 bridgehead atoms. The first-order valence-corrected chi connectivity index (χ1v) is 11.7. The van der Waals surface area contributed by atoms with E-state index in [-0.39, 0.29) is 5.56 Å². The van der Waals surface area contributed by atoms with Gasteiger partial charge in [-0.1, -0.05) is 35.8 Å². The van der Waals surface area contributed by atoms with E-state index in [0.717, 1.165) is 33.8 Å². The molecule has 0 saturated heterocycles. The number of furan rings is 1. The summed E-state index contributed by atoms with van der Waals surface area (Å²) in [6.07, 6.45) is 1.30. The van der Waals surface area contributed by atoms with E-state index in [9.17, 15) is 29.8 Å². The third-order valence-electron chi connectivity index (χ3n) is 5.21. The van der Waals surface area contributed by atoms with Gasteiger partial charge in [-0.15, -0.1) is 0 Å². The zero-order valence-electron chi connectivity index (χ0n) is 19.9. The van der Waals surface area contributed by atoms with Gasteiger partial charge >= 0.3 is 0 Å². The molecule has 0 spiro atoms. The number of nitrogens with zero attached hydrogens (tertiary/aromatic N) is 3. The normalized spacial score (nSPS) is 11.9. The lowest BCUT2D eigenvalue weighted by Crippen LogP contribution is -2.48. The van der Waals surface area contributed by atoms with Crippen LogP contribution in [0.2, 0.25) is 0 Å². The Hall–Kier alpha value is -4.39. The maximum absolute atomic E-state index is 12.7. The van der Waals surface area contributed by atoms with E-state index in [1.165, 1.54) is 6.21 Å². The van der Waals surface area contributed by atoms with Crippen molar-refractivity contribution in [2.24, 2.45) is 11.0 Å². The van der Waals surface area contributed by atoms with E-state index in [1.807, 2.05) is 25.1 Å². The Bertz CT molecular complexity index is 1370. The summed E-state index contributed by atoms with van der Waals surface area (Å²) in [6.45, 7) is 5.31. The van der Waals surface area contributed by atoms with Gasteiger partial charge in [0.2, 0.25) is 0 Å². The molecule has 192 valence electrons. The maximum atomic E-state index is 12.7. The molecule has 0 aliphatic heterocycles. The molecule has 1 aromatic heterocycles. The first-order valence-electron chi connectivity index (χ1n) is 10.9. The number of nitrogens with one attached hydrogen (secondary N) is 2. The highest BCUT2D eigenvalue weighted by atomic mass is 79.9. The average Bonchev–Trinajstić information content (AvgIpc) is 3.30. The van der Waals surface area contributed by atoms with Crippen LogP contribution < -0.4 is 10.7 Å². The van der Waals surface area contributed by atoms with E-state index >= 15 is 0 Å². The van der Waals surface area contributed by atoms with Crippen molar-refractivity contribution in [3.8, 4) is 11.3 Å². The molecule has 37 heavy (non-hydrogen) atoms. The van der Waals surface area contributed by atoms with E-state index in [1.54, 1.807) is 26.0 Å². The van der Waals surface area contributed by atoms with Crippen molar-refractivity contribution in [2.45, 2.75) is 26.8 Å². The number of halogens is 1. The van der Waals surface area contributed by atoms with Crippen LogP contribution in [0, 0.1) is 33.1 Å². The Balaban J connectivity index is 1.70. The minimum Gasteiger partial charge on any atom is -0.455 e. The van der Waals surface area contributed by atoms with Crippen LogP contribution in [-0.4, -0.2) is 33.9 Å². The predicted octanol–water partition coefficient (Wildman–Crippen LogP) is 4.74. The molecule has 3 rings (SSSR count). The van der Waals surface area contributed by atoms with Gasteiger partial charge in [-0.2, -0.15) is 5.10 Å². The van der Waals surface area contributed by atoms with Crippen molar-refractivity contribution < 1.29 is 23.9 Å². The zero-order chi connectivity index (χ0) is 27.3. The first-order chi connectivity index (χ1) is 17.5. The molecule has 0 radical (unpaired) electrons. The minimum absolute atomic E-state index is 0.326. The van der Waals surface area contributed by atoms with Crippen LogP contribution in [0.5, 0.6) is 0 Å². The summed E-state index contributed by atoms with van der Waals surface area (Å²) in [5.41, 5.74) is 2.69. The van der Waals surface area contributed by atoms with E-state index in [0.29, 0.717) is 11.5 Å². The lowest BCUT2D eigenvalue weighted by Gasteiger charge is -2.20. The monoisotopic (exact) mass is 571 g/mol. The fourth-order valence-electron chi connectivity index (χ4n) is 3.31. The molecular weight excluding hydrogens is 550 g/mol. The number of amides is 2. The Morgan fingerprint density at radius 3 is 2.24 bits per heavy atom. The van der Waals surface area contributed by atoms with Gasteiger partial charge in [0, 0.05) is 22.2 Å². The smallest absolute Gasteiger partial charge is 0.277 e. The van der Waals surface area contributed by atoms with E-state index in [4.69, 9.17) is 4.42 Å². The Morgan fingerprint density at radius 1 is 1.03 bits per heavy atom. The number of non-ortho nitro benzene ring substituents is 2. The summed E-state index contributed by atoms with van der Waals surface area (Å²) in [6, 6.07) is 10.7. The highest BCUT2D eigenvalue weighted by molar-refractivity contribution is 9.10. The second-order valence-electron chi connectivity index (χ2n) is 8.37. The van der Waals surface area contributed by atoms with Crippen LogP contribution in [0.1, 0.15) is 35.5 Å². The molecule has 2 amide bonds. The van der Waals surface area contributed by atoms with E-state index < -0.39 is 45.0 Å². The molecule has 13 heteroatoms.